The smallest absolute Gasteiger partial charge is 0.225 e. The summed E-state index contributed by atoms with van der Waals surface area (Å²) in [5.41, 5.74) is 5.69. The van der Waals surface area contributed by atoms with E-state index in [1.807, 2.05) is 18.7 Å². The molecule has 0 radical (unpaired) electrons. The van der Waals surface area contributed by atoms with Gasteiger partial charge in [0.25, 0.3) is 0 Å². The molecule has 0 spiro atoms. The molecule has 0 saturated carbocycles. The zero-order valence-electron chi connectivity index (χ0n) is 10.4. The number of carbonyl (C=O) groups excluding carboxylic acids is 1. The highest BCUT2D eigenvalue weighted by molar-refractivity contribution is 5.78. The van der Waals surface area contributed by atoms with Crippen molar-refractivity contribution < 1.29 is 9.53 Å². The van der Waals surface area contributed by atoms with Crippen molar-refractivity contribution in [2.45, 2.75) is 39.2 Å². The molecule has 16 heavy (non-hydrogen) atoms. The van der Waals surface area contributed by atoms with Crippen LogP contribution in [0.3, 0.4) is 0 Å². The number of morpholine rings is 1. The van der Waals surface area contributed by atoms with Crippen LogP contribution in [0.15, 0.2) is 0 Å². The van der Waals surface area contributed by atoms with Crippen molar-refractivity contribution in [1.29, 1.82) is 0 Å². The Morgan fingerprint density at radius 1 is 1.31 bits per heavy atom. The highest BCUT2D eigenvalue weighted by atomic mass is 16.5. The standard InChI is InChI=1S/C12H24N2O2/c1-10(4-3-5-11(2)13)12(15)14-6-8-16-9-7-14/h10-11H,3-9,13H2,1-2H3. The molecule has 1 aliphatic rings. The molecule has 0 aromatic rings. The summed E-state index contributed by atoms with van der Waals surface area (Å²) >= 11 is 0. The lowest BCUT2D eigenvalue weighted by molar-refractivity contribution is -0.139. The van der Waals surface area contributed by atoms with E-state index < -0.39 is 0 Å². The van der Waals surface area contributed by atoms with Crippen molar-refractivity contribution in [3.8, 4) is 0 Å². The third-order valence-corrected chi connectivity index (χ3v) is 3.04. The normalized spacial score (nSPS) is 20.6. The summed E-state index contributed by atoms with van der Waals surface area (Å²) in [4.78, 5) is 13.9. The maximum Gasteiger partial charge on any atom is 0.225 e. The van der Waals surface area contributed by atoms with Gasteiger partial charge in [-0.05, 0) is 19.8 Å². The van der Waals surface area contributed by atoms with Crippen LogP contribution < -0.4 is 5.73 Å². The van der Waals surface area contributed by atoms with Crippen LogP contribution in [0.2, 0.25) is 0 Å². The van der Waals surface area contributed by atoms with Gasteiger partial charge in [0, 0.05) is 25.0 Å². The van der Waals surface area contributed by atoms with Gasteiger partial charge in [0.2, 0.25) is 5.91 Å². The minimum absolute atomic E-state index is 0.122. The number of amides is 1. The lowest BCUT2D eigenvalue weighted by Gasteiger charge is -2.29. The minimum Gasteiger partial charge on any atom is -0.378 e. The van der Waals surface area contributed by atoms with E-state index in [1.54, 1.807) is 0 Å². The molecule has 0 aromatic heterocycles. The SMILES string of the molecule is CC(N)CCCC(C)C(=O)N1CCOCC1. The fourth-order valence-electron chi connectivity index (χ4n) is 1.96. The molecule has 0 aliphatic carbocycles. The maximum absolute atomic E-state index is 12.0. The van der Waals surface area contributed by atoms with Gasteiger partial charge in [-0.25, -0.2) is 0 Å². The molecule has 2 atom stereocenters. The molecule has 1 aliphatic heterocycles. The number of nitrogens with two attached hydrogens (primary N) is 1. The summed E-state index contributed by atoms with van der Waals surface area (Å²) in [5.74, 6) is 0.393. The number of hydrogen-bond acceptors (Lipinski definition) is 3. The Kier molecular flexibility index (Phi) is 5.77. The predicted molar refractivity (Wildman–Crippen MR) is 64.1 cm³/mol. The van der Waals surface area contributed by atoms with Crippen LogP contribution in [0.5, 0.6) is 0 Å². The molecular weight excluding hydrogens is 204 g/mol. The largest absolute Gasteiger partial charge is 0.378 e. The van der Waals surface area contributed by atoms with Gasteiger partial charge in [-0.15, -0.1) is 0 Å². The Bertz CT molecular complexity index is 213. The lowest BCUT2D eigenvalue weighted by atomic mass is 10.0. The van der Waals surface area contributed by atoms with Crippen LogP contribution >= 0.6 is 0 Å². The predicted octanol–water partition coefficient (Wildman–Crippen LogP) is 0.999. The molecule has 1 rings (SSSR count). The van der Waals surface area contributed by atoms with Gasteiger partial charge in [0.1, 0.15) is 0 Å². The quantitative estimate of drug-likeness (QED) is 0.763. The Morgan fingerprint density at radius 3 is 2.50 bits per heavy atom. The highest BCUT2D eigenvalue weighted by Gasteiger charge is 2.21. The summed E-state index contributed by atoms with van der Waals surface area (Å²) in [6, 6.07) is 0.241. The second kappa shape index (κ2) is 6.86. The summed E-state index contributed by atoms with van der Waals surface area (Å²) in [6.45, 7) is 6.87. The van der Waals surface area contributed by atoms with E-state index in [1.165, 1.54) is 0 Å². The summed E-state index contributed by atoms with van der Waals surface area (Å²) in [6.07, 6.45) is 2.98. The second-order valence-electron chi connectivity index (χ2n) is 4.75. The second-order valence-corrected chi connectivity index (χ2v) is 4.75. The lowest BCUT2D eigenvalue weighted by Crippen LogP contribution is -2.43. The van der Waals surface area contributed by atoms with Gasteiger partial charge in [-0.3, -0.25) is 4.79 Å². The van der Waals surface area contributed by atoms with Crippen LogP contribution in [0.25, 0.3) is 0 Å². The molecule has 0 aromatic carbocycles. The first-order valence-corrected chi connectivity index (χ1v) is 6.23. The molecule has 1 heterocycles. The fraction of sp³-hybridized carbons (Fsp3) is 0.917. The third-order valence-electron chi connectivity index (χ3n) is 3.04. The molecule has 2 N–H and O–H groups in total. The van der Waals surface area contributed by atoms with Gasteiger partial charge < -0.3 is 15.4 Å². The van der Waals surface area contributed by atoms with E-state index in [-0.39, 0.29) is 17.9 Å². The van der Waals surface area contributed by atoms with Crippen molar-refractivity contribution in [2.24, 2.45) is 11.7 Å². The van der Waals surface area contributed by atoms with Crippen LogP contribution in [-0.4, -0.2) is 43.2 Å². The zero-order valence-corrected chi connectivity index (χ0v) is 10.4. The fourth-order valence-corrected chi connectivity index (χ4v) is 1.96. The number of rotatable bonds is 5. The monoisotopic (exact) mass is 228 g/mol. The van der Waals surface area contributed by atoms with Crippen LogP contribution in [0.1, 0.15) is 33.1 Å². The number of hydrogen-bond donors (Lipinski definition) is 1. The van der Waals surface area contributed by atoms with E-state index in [9.17, 15) is 4.79 Å². The van der Waals surface area contributed by atoms with Gasteiger partial charge in [0.05, 0.1) is 13.2 Å². The first kappa shape index (κ1) is 13.5. The molecule has 94 valence electrons. The topological polar surface area (TPSA) is 55.6 Å². The van der Waals surface area contributed by atoms with E-state index in [0.29, 0.717) is 13.2 Å². The Balaban J connectivity index is 2.23. The number of nitrogens with zero attached hydrogens (tertiary/aromatic N) is 1. The van der Waals surface area contributed by atoms with E-state index >= 15 is 0 Å². The van der Waals surface area contributed by atoms with Gasteiger partial charge in [0.15, 0.2) is 0 Å². The van der Waals surface area contributed by atoms with Crippen molar-refractivity contribution in [3.05, 3.63) is 0 Å². The van der Waals surface area contributed by atoms with Crippen molar-refractivity contribution in [2.75, 3.05) is 26.3 Å². The Labute approximate surface area is 98.1 Å². The van der Waals surface area contributed by atoms with Gasteiger partial charge in [-0.1, -0.05) is 13.3 Å². The highest BCUT2D eigenvalue weighted by Crippen LogP contribution is 2.13. The summed E-state index contributed by atoms with van der Waals surface area (Å²) < 4.78 is 5.23. The Morgan fingerprint density at radius 2 is 1.94 bits per heavy atom. The van der Waals surface area contributed by atoms with E-state index in [4.69, 9.17) is 10.5 Å². The van der Waals surface area contributed by atoms with Crippen LogP contribution in [-0.2, 0) is 9.53 Å². The first-order valence-electron chi connectivity index (χ1n) is 6.23. The molecule has 4 heteroatoms. The number of ether oxygens (including phenoxy) is 1. The average molecular weight is 228 g/mol. The number of carbonyl (C=O) groups is 1. The zero-order chi connectivity index (χ0) is 12.0. The summed E-state index contributed by atoms with van der Waals surface area (Å²) in [5, 5.41) is 0. The van der Waals surface area contributed by atoms with Crippen molar-refractivity contribution in [3.63, 3.8) is 0 Å². The summed E-state index contributed by atoms with van der Waals surface area (Å²) in [7, 11) is 0. The van der Waals surface area contributed by atoms with Crippen LogP contribution in [0, 0.1) is 5.92 Å². The average Bonchev–Trinajstić information content (AvgIpc) is 2.28. The third kappa shape index (κ3) is 4.49. The molecule has 1 fully saturated rings. The van der Waals surface area contributed by atoms with Crippen molar-refractivity contribution in [1.82, 2.24) is 4.90 Å². The molecule has 1 amide bonds. The van der Waals surface area contributed by atoms with Crippen LogP contribution in [0.4, 0.5) is 0 Å². The molecule has 1 saturated heterocycles. The van der Waals surface area contributed by atoms with Gasteiger partial charge in [-0.2, -0.15) is 0 Å². The van der Waals surface area contributed by atoms with Crippen molar-refractivity contribution >= 4 is 5.91 Å². The first-order chi connectivity index (χ1) is 7.61. The van der Waals surface area contributed by atoms with E-state index in [2.05, 4.69) is 0 Å². The molecule has 4 nitrogen and oxygen atoms in total. The molecule has 2 unspecified atom stereocenters. The van der Waals surface area contributed by atoms with Gasteiger partial charge >= 0.3 is 0 Å². The minimum atomic E-state index is 0.122. The maximum atomic E-state index is 12.0. The molecular formula is C12H24N2O2. The molecule has 0 bridgehead atoms. The van der Waals surface area contributed by atoms with E-state index in [0.717, 1.165) is 32.4 Å². The Hall–Kier alpha value is -0.610.